The molecule has 0 aliphatic carbocycles. The van der Waals surface area contributed by atoms with E-state index in [4.69, 9.17) is 15.2 Å². The summed E-state index contributed by atoms with van der Waals surface area (Å²) < 4.78 is 13.3. The van der Waals surface area contributed by atoms with Crippen molar-refractivity contribution >= 4 is 5.82 Å². The molecule has 3 rings (SSSR count). The number of nitrogen functional groups attached to an aromatic ring is 1. The van der Waals surface area contributed by atoms with Gasteiger partial charge in [0.05, 0.1) is 20.0 Å². The Morgan fingerprint density at radius 3 is 2.72 bits per heavy atom. The van der Waals surface area contributed by atoms with Crippen molar-refractivity contribution in [3.63, 3.8) is 0 Å². The van der Waals surface area contributed by atoms with Gasteiger partial charge in [0.2, 0.25) is 0 Å². The van der Waals surface area contributed by atoms with Gasteiger partial charge < -0.3 is 24.8 Å². The number of aromatic nitrogens is 3. The van der Waals surface area contributed by atoms with Crippen LogP contribution in [0, 0.1) is 22.7 Å². The molecule has 0 atom stereocenters. The van der Waals surface area contributed by atoms with Gasteiger partial charge in [-0.3, -0.25) is 4.79 Å². The number of hydrogen-bond acceptors (Lipinski definition) is 7. The Hall–Kier alpha value is -4.24. The van der Waals surface area contributed by atoms with Gasteiger partial charge in [-0.2, -0.15) is 10.5 Å². The second-order valence-corrected chi connectivity index (χ2v) is 6.06. The minimum Gasteiger partial charge on any atom is -0.493 e. The average molecular weight is 390 g/mol. The maximum absolute atomic E-state index is 12.2. The highest BCUT2D eigenvalue weighted by molar-refractivity contribution is 5.85. The number of H-pyrrole nitrogens is 1. The van der Waals surface area contributed by atoms with Crippen LogP contribution in [0.2, 0.25) is 0 Å². The number of anilines is 1. The zero-order valence-electron chi connectivity index (χ0n) is 15.7. The molecule has 0 aliphatic rings. The van der Waals surface area contributed by atoms with E-state index in [9.17, 15) is 15.3 Å². The molecule has 0 aliphatic heterocycles. The molecule has 9 heteroatoms. The quantitative estimate of drug-likeness (QED) is 0.588. The summed E-state index contributed by atoms with van der Waals surface area (Å²) >= 11 is 0. The van der Waals surface area contributed by atoms with Crippen LogP contribution in [-0.2, 0) is 6.54 Å². The molecule has 0 fully saturated rings. The third-order valence-corrected chi connectivity index (χ3v) is 4.30. The maximum Gasteiger partial charge on any atom is 0.268 e. The fourth-order valence-electron chi connectivity index (χ4n) is 2.98. The molecule has 0 bridgehead atoms. The number of para-hydroxylation sites is 1. The van der Waals surface area contributed by atoms with Crippen LogP contribution >= 0.6 is 0 Å². The van der Waals surface area contributed by atoms with Gasteiger partial charge in [0.25, 0.3) is 5.56 Å². The summed E-state index contributed by atoms with van der Waals surface area (Å²) in [6.07, 6.45) is 5.95. The summed E-state index contributed by atoms with van der Waals surface area (Å²) in [7, 11) is 1.49. The van der Waals surface area contributed by atoms with E-state index in [0.717, 1.165) is 0 Å². The van der Waals surface area contributed by atoms with Crippen LogP contribution in [0.3, 0.4) is 0 Å². The van der Waals surface area contributed by atoms with Crippen LogP contribution in [0.5, 0.6) is 11.5 Å². The summed E-state index contributed by atoms with van der Waals surface area (Å²) in [5.74, 6) is 0.635. The molecule has 0 saturated carbocycles. The molecule has 0 spiro atoms. The van der Waals surface area contributed by atoms with E-state index >= 15 is 0 Å². The van der Waals surface area contributed by atoms with Gasteiger partial charge in [0.1, 0.15) is 29.1 Å². The number of nitrogens with zero attached hydrogens (tertiary/aromatic N) is 4. The van der Waals surface area contributed by atoms with Crippen molar-refractivity contribution in [1.29, 1.82) is 10.5 Å². The normalized spacial score (nSPS) is 10.2. The predicted molar refractivity (Wildman–Crippen MR) is 105 cm³/mol. The van der Waals surface area contributed by atoms with E-state index in [-0.39, 0.29) is 22.5 Å². The van der Waals surface area contributed by atoms with Gasteiger partial charge >= 0.3 is 0 Å². The molecular formula is C20H18N6O3. The lowest BCUT2D eigenvalue weighted by Crippen LogP contribution is -2.16. The number of aromatic amines is 1. The lowest BCUT2D eigenvalue weighted by atomic mass is 9.95. The van der Waals surface area contributed by atoms with Gasteiger partial charge in [-0.05, 0) is 12.5 Å². The van der Waals surface area contributed by atoms with Crippen molar-refractivity contribution < 1.29 is 9.47 Å². The second kappa shape index (κ2) is 8.63. The van der Waals surface area contributed by atoms with Gasteiger partial charge in [-0.1, -0.05) is 12.1 Å². The number of benzene rings is 1. The number of ether oxygens (including phenoxy) is 2. The molecule has 2 aromatic heterocycles. The highest BCUT2D eigenvalue weighted by atomic mass is 16.5. The zero-order chi connectivity index (χ0) is 20.8. The topological polar surface area (TPSA) is 143 Å². The summed E-state index contributed by atoms with van der Waals surface area (Å²) in [5, 5.41) is 19.1. The fraction of sp³-hybridized carbons (Fsp3) is 0.200. The molecule has 9 nitrogen and oxygen atoms in total. The van der Waals surface area contributed by atoms with E-state index < -0.39 is 5.56 Å². The predicted octanol–water partition coefficient (Wildman–Crippen LogP) is 2.04. The SMILES string of the molecule is COc1cccc(-c2c(C#N)c(N)[nH]c(=O)c2C#N)c1OCCCn1ccnc1. The Kier molecular flexibility index (Phi) is 5.81. The molecule has 0 unspecified atom stereocenters. The first-order valence-corrected chi connectivity index (χ1v) is 8.72. The molecule has 1 aromatic carbocycles. The lowest BCUT2D eigenvalue weighted by Gasteiger charge is -2.17. The standard InChI is InChI=1S/C20H18N6O3/c1-28-16-5-2-4-13(18(16)29-9-3-7-26-8-6-24-12-26)17-14(10-21)19(23)25-20(27)15(17)11-22/h2,4-6,8,12H,3,7,9H2,1H3,(H3,23,25,27). The Labute approximate surface area is 166 Å². The first kappa shape index (κ1) is 19.5. The van der Waals surface area contributed by atoms with Crippen molar-refractivity contribution in [2.24, 2.45) is 0 Å². The van der Waals surface area contributed by atoms with E-state index in [2.05, 4.69) is 9.97 Å². The minimum atomic E-state index is -0.673. The number of rotatable bonds is 7. The molecule has 0 saturated heterocycles. The third kappa shape index (κ3) is 3.89. The number of nitrogens with two attached hydrogens (primary N) is 1. The zero-order valence-corrected chi connectivity index (χ0v) is 15.7. The molecule has 3 aromatic rings. The van der Waals surface area contributed by atoms with E-state index in [1.54, 1.807) is 30.7 Å². The Balaban J connectivity index is 2.04. The van der Waals surface area contributed by atoms with Crippen molar-refractivity contribution in [2.75, 3.05) is 19.5 Å². The van der Waals surface area contributed by atoms with Crippen molar-refractivity contribution in [3.05, 3.63) is 58.4 Å². The monoisotopic (exact) mass is 390 g/mol. The number of imidazole rings is 1. The molecule has 146 valence electrons. The van der Waals surface area contributed by atoms with Crippen LogP contribution in [0.15, 0.2) is 41.7 Å². The number of nitriles is 2. The molecular weight excluding hydrogens is 372 g/mol. The number of methoxy groups -OCH3 is 1. The average Bonchev–Trinajstić information content (AvgIpc) is 3.24. The van der Waals surface area contributed by atoms with Crippen LogP contribution in [0.1, 0.15) is 17.5 Å². The fourth-order valence-corrected chi connectivity index (χ4v) is 2.98. The highest BCUT2D eigenvalue weighted by Gasteiger charge is 2.23. The van der Waals surface area contributed by atoms with Crippen LogP contribution in [-0.4, -0.2) is 28.3 Å². The largest absolute Gasteiger partial charge is 0.493 e. The molecule has 2 heterocycles. The highest BCUT2D eigenvalue weighted by Crippen LogP contribution is 2.41. The summed E-state index contributed by atoms with van der Waals surface area (Å²) in [6.45, 7) is 1.04. The minimum absolute atomic E-state index is 0.00216. The smallest absolute Gasteiger partial charge is 0.268 e. The Morgan fingerprint density at radius 2 is 2.07 bits per heavy atom. The second-order valence-electron chi connectivity index (χ2n) is 6.06. The van der Waals surface area contributed by atoms with Crippen molar-refractivity contribution in [3.8, 4) is 34.8 Å². The molecule has 3 N–H and O–H groups in total. The van der Waals surface area contributed by atoms with Gasteiger partial charge in [-0.25, -0.2) is 4.98 Å². The summed E-state index contributed by atoms with van der Waals surface area (Å²) in [6, 6.07) is 8.86. The number of pyridine rings is 1. The van der Waals surface area contributed by atoms with Gasteiger partial charge in [0.15, 0.2) is 11.5 Å². The molecule has 29 heavy (non-hydrogen) atoms. The van der Waals surface area contributed by atoms with Crippen LogP contribution in [0.4, 0.5) is 5.82 Å². The van der Waals surface area contributed by atoms with Crippen LogP contribution in [0.25, 0.3) is 11.1 Å². The van der Waals surface area contributed by atoms with Crippen molar-refractivity contribution in [1.82, 2.24) is 14.5 Å². The summed E-state index contributed by atoms with van der Waals surface area (Å²) in [4.78, 5) is 18.6. The summed E-state index contributed by atoms with van der Waals surface area (Å²) in [5.41, 5.74) is 5.44. The molecule has 0 radical (unpaired) electrons. The number of aryl methyl sites for hydroxylation is 1. The van der Waals surface area contributed by atoms with E-state index in [1.807, 2.05) is 22.9 Å². The van der Waals surface area contributed by atoms with E-state index in [1.165, 1.54) is 7.11 Å². The first-order valence-electron chi connectivity index (χ1n) is 8.72. The Bertz CT molecular complexity index is 1150. The maximum atomic E-state index is 12.2. The van der Waals surface area contributed by atoms with Gasteiger partial charge in [0, 0.05) is 30.1 Å². The number of nitrogens with one attached hydrogen (secondary N) is 1. The van der Waals surface area contributed by atoms with Crippen molar-refractivity contribution in [2.45, 2.75) is 13.0 Å². The lowest BCUT2D eigenvalue weighted by molar-refractivity contribution is 0.284. The van der Waals surface area contributed by atoms with Gasteiger partial charge in [-0.15, -0.1) is 0 Å². The third-order valence-electron chi connectivity index (χ3n) is 4.30. The Morgan fingerprint density at radius 1 is 1.28 bits per heavy atom. The first-order chi connectivity index (χ1) is 14.1. The molecule has 0 amide bonds. The van der Waals surface area contributed by atoms with Crippen LogP contribution < -0.4 is 20.8 Å². The van der Waals surface area contributed by atoms with E-state index in [0.29, 0.717) is 36.6 Å². The number of hydrogen-bond donors (Lipinski definition) is 2.